The van der Waals surface area contributed by atoms with Crippen LogP contribution >= 0.6 is 0 Å². The maximum Gasteiger partial charge on any atom is 0.239 e. The van der Waals surface area contributed by atoms with Crippen molar-refractivity contribution in [1.82, 2.24) is 10.6 Å². The van der Waals surface area contributed by atoms with Gasteiger partial charge in [-0.3, -0.25) is 4.79 Å². The molecule has 14 heavy (non-hydrogen) atoms. The smallest absolute Gasteiger partial charge is 0.239 e. The number of likely N-dealkylation sites (N-methyl/N-ethyl adjacent to an activating group) is 1. The SMILES string of the molecule is CCC(C)(O)CNC(=O)C(C)(C)NC. The normalized spacial score (nSPS) is 16.1. The highest BCUT2D eigenvalue weighted by molar-refractivity contribution is 5.85. The minimum Gasteiger partial charge on any atom is -0.388 e. The molecular formula is C10H22N2O2. The van der Waals surface area contributed by atoms with Gasteiger partial charge in [0.25, 0.3) is 0 Å². The molecule has 1 atom stereocenters. The molecule has 0 rings (SSSR count). The summed E-state index contributed by atoms with van der Waals surface area (Å²) < 4.78 is 0. The average molecular weight is 202 g/mol. The summed E-state index contributed by atoms with van der Waals surface area (Å²) in [4.78, 5) is 11.6. The van der Waals surface area contributed by atoms with Crippen LogP contribution in [0.5, 0.6) is 0 Å². The molecule has 0 aromatic heterocycles. The van der Waals surface area contributed by atoms with Crippen molar-refractivity contribution in [3.8, 4) is 0 Å². The van der Waals surface area contributed by atoms with Crippen LogP contribution in [0, 0.1) is 0 Å². The Kier molecular flexibility index (Phi) is 4.55. The van der Waals surface area contributed by atoms with E-state index in [9.17, 15) is 9.90 Å². The minimum absolute atomic E-state index is 0.103. The number of rotatable bonds is 5. The molecule has 0 aliphatic rings. The van der Waals surface area contributed by atoms with Gasteiger partial charge in [0, 0.05) is 6.54 Å². The third-order valence-corrected chi connectivity index (χ3v) is 2.58. The fraction of sp³-hybridized carbons (Fsp3) is 0.900. The zero-order chi connectivity index (χ0) is 11.4. The second kappa shape index (κ2) is 4.75. The quantitative estimate of drug-likeness (QED) is 0.599. The average Bonchev–Trinajstić information content (AvgIpc) is 2.14. The van der Waals surface area contributed by atoms with Gasteiger partial charge in [-0.2, -0.15) is 0 Å². The number of carbonyl (C=O) groups excluding carboxylic acids is 1. The van der Waals surface area contributed by atoms with E-state index in [1.807, 2.05) is 6.92 Å². The molecule has 0 radical (unpaired) electrons. The van der Waals surface area contributed by atoms with Gasteiger partial charge in [0.15, 0.2) is 0 Å². The van der Waals surface area contributed by atoms with Crippen LogP contribution in [-0.4, -0.2) is 35.7 Å². The van der Waals surface area contributed by atoms with Crippen molar-refractivity contribution in [3.05, 3.63) is 0 Å². The molecule has 0 saturated heterocycles. The van der Waals surface area contributed by atoms with Crippen molar-refractivity contribution in [2.75, 3.05) is 13.6 Å². The molecule has 0 aromatic rings. The Labute approximate surface area is 86.1 Å². The minimum atomic E-state index is -0.820. The number of hydrogen-bond acceptors (Lipinski definition) is 3. The lowest BCUT2D eigenvalue weighted by Gasteiger charge is -2.27. The fourth-order valence-electron chi connectivity index (χ4n) is 0.730. The molecule has 0 heterocycles. The molecule has 84 valence electrons. The van der Waals surface area contributed by atoms with E-state index in [2.05, 4.69) is 10.6 Å². The first-order valence-corrected chi connectivity index (χ1v) is 4.95. The first kappa shape index (κ1) is 13.4. The van der Waals surface area contributed by atoms with Crippen LogP contribution in [0.25, 0.3) is 0 Å². The van der Waals surface area contributed by atoms with E-state index in [4.69, 9.17) is 0 Å². The van der Waals surface area contributed by atoms with E-state index in [1.54, 1.807) is 27.8 Å². The molecule has 3 N–H and O–H groups in total. The van der Waals surface area contributed by atoms with E-state index in [0.717, 1.165) is 0 Å². The first-order chi connectivity index (χ1) is 6.25. The molecule has 0 saturated carbocycles. The molecule has 0 bridgehead atoms. The van der Waals surface area contributed by atoms with E-state index in [1.165, 1.54) is 0 Å². The number of nitrogens with one attached hydrogen (secondary N) is 2. The highest BCUT2D eigenvalue weighted by Crippen LogP contribution is 2.07. The summed E-state index contributed by atoms with van der Waals surface area (Å²) >= 11 is 0. The van der Waals surface area contributed by atoms with Gasteiger partial charge in [-0.15, -0.1) is 0 Å². The summed E-state index contributed by atoms with van der Waals surface area (Å²) in [5, 5.41) is 15.3. The Morgan fingerprint density at radius 2 is 1.86 bits per heavy atom. The van der Waals surface area contributed by atoms with Crippen LogP contribution in [0.15, 0.2) is 0 Å². The van der Waals surface area contributed by atoms with Crippen molar-refractivity contribution < 1.29 is 9.90 Å². The predicted molar refractivity (Wildman–Crippen MR) is 57.1 cm³/mol. The van der Waals surface area contributed by atoms with Crippen molar-refractivity contribution in [2.24, 2.45) is 0 Å². The van der Waals surface area contributed by atoms with Gasteiger partial charge < -0.3 is 15.7 Å². The van der Waals surface area contributed by atoms with Gasteiger partial charge in [0.1, 0.15) is 0 Å². The van der Waals surface area contributed by atoms with Crippen LogP contribution in [0.3, 0.4) is 0 Å². The molecule has 0 spiro atoms. The summed E-state index contributed by atoms with van der Waals surface area (Å²) in [6, 6.07) is 0. The molecule has 0 fully saturated rings. The summed E-state index contributed by atoms with van der Waals surface area (Å²) in [7, 11) is 1.73. The molecule has 1 unspecified atom stereocenters. The fourth-order valence-corrected chi connectivity index (χ4v) is 0.730. The zero-order valence-electron chi connectivity index (χ0n) is 9.77. The number of carbonyl (C=O) groups is 1. The van der Waals surface area contributed by atoms with Gasteiger partial charge in [-0.1, -0.05) is 6.92 Å². The molecule has 0 aliphatic heterocycles. The molecule has 0 aromatic carbocycles. The molecule has 4 nitrogen and oxygen atoms in total. The Hall–Kier alpha value is -0.610. The molecule has 0 aliphatic carbocycles. The summed E-state index contributed by atoms with van der Waals surface area (Å²) in [5.41, 5.74) is -1.41. The maximum atomic E-state index is 11.6. The van der Waals surface area contributed by atoms with Gasteiger partial charge in [0.05, 0.1) is 11.1 Å². The maximum absolute atomic E-state index is 11.6. The van der Waals surface area contributed by atoms with E-state index in [-0.39, 0.29) is 12.5 Å². The predicted octanol–water partition coefficient (Wildman–Crippen LogP) is 0.262. The molecular weight excluding hydrogens is 180 g/mol. The van der Waals surface area contributed by atoms with E-state index < -0.39 is 11.1 Å². The first-order valence-electron chi connectivity index (χ1n) is 4.95. The van der Waals surface area contributed by atoms with Crippen molar-refractivity contribution in [3.63, 3.8) is 0 Å². The molecule has 1 amide bonds. The lowest BCUT2D eigenvalue weighted by atomic mass is 10.0. The Morgan fingerprint density at radius 1 is 1.36 bits per heavy atom. The standard InChI is InChI=1S/C10H22N2O2/c1-6-10(4,14)7-12-8(13)9(2,3)11-5/h11,14H,6-7H2,1-5H3,(H,12,13). The second-order valence-corrected chi connectivity index (χ2v) is 4.41. The van der Waals surface area contributed by atoms with Gasteiger partial charge in [0.2, 0.25) is 5.91 Å². The zero-order valence-corrected chi connectivity index (χ0v) is 9.77. The van der Waals surface area contributed by atoms with Crippen molar-refractivity contribution in [1.29, 1.82) is 0 Å². The second-order valence-electron chi connectivity index (χ2n) is 4.41. The lowest BCUT2D eigenvalue weighted by molar-refractivity contribution is -0.127. The third-order valence-electron chi connectivity index (χ3n) is 2.58. The monoisotopic (exact) mass is 202 g/mol. The number of amides is 1. The van der Waals surface area contributed by atoms with Crippen LogP contribution < -0.4 is 10.6 Å². The third kappa shape index (κ3) is 4.07. The molecule has 4 heteroatoms. The van der Waals surface area contributed by atoms with Gasteiger partial charge in [-0.25, -0.2) is 0 Å². The number of aliphatic hydroxyl groups is 1. The lowest BCUT2D eigenvalue weighted by Crippen LogP contribution is -2.53. The highest BCUT2D eigenvalue weighted by atomic mass is 16.3. The van der Waals surface area contributed by atoms with Crippen LogP contribution in [0.2, 0.25) is 0 Å². The number of hydrogen-bond donors (Lipinski definition) is 3. The van der Waals surface area contributed by atoms with Gasteiger partial charge in [-0.05, 0) is 34.2 Å². The summed E-state index contributed by atoms with van der Waals surface area (Å²) in [6.07, 6.45) is 0.618. The van der Waals surface area contributed by atoms with E-state index >= 15 is 0 Å². The van der Waals surface area contributed by atoms with Crippen LogP contribution in [0.4, 0.5) is 0 Å². The van der Waals surface area contributed by atoms with Crippen LogP contribution in [0.1, 0.15) is 34.1 Å². The van der Waals surface area contributed by atoms with E-state index in [0.29, 0.717) is 6.42 Å². The summed E-state index contributed by atoms with van der Waals surface area (Å²) in [6.45, 7) is 7.47. The van der Waals surface area contributed by atoms with Gasteiger partial charge >= 0.3 is 0 Å². The van der Waals surface area contributed by atoms with Crippen molar-refractivity contribution in [2.45, 2.75) is 45.3 Å². The highest BCUT2D eigenvalue weighted by Gasteiger charge is 2.27. The Balaban J connectivity index is 4.10. The Bertz CT molecular complexity index is 200. The topological polar surface area (TPSA) is 61.4 Å². The van der Waals surface area contributed by atoms with Crippen LogP contribution in [-0.2, 0) is 4.79 Å². The largest absolute Gasteiger partial charge is 0.388 e. The summed E-state index contributed by atoms with van der Waals surface area (Å²) in [5.74, 6) is -0.103. The Morgan fingerprint density at radius 3 is 2.21 bits per heavy atom. The van der Waals surface area contributed by atoms with Crippen molar-refractivity contribution >= 4 is 5.91 Å².